The average molecular weight is 503 g/mol. The summed E-state index contributed by atoms with van der Waals surface area (Å²) in [6.07, 6.45) is 4.03. The van der Waals surface area contributed by atoms with Crippen molar-refractivity contribution >= 4 is 29.3 Å². The van der Waals surface area contributed by atoms with Gasteiger partial charge in [0.05, 0.1) is 13.2 Å². The first-order valence-corrected chi connectivity index (χ1v) is 12.7. The summed E-state index contributed by atoms with van der Waals surface area (Å²) in [7, 11) is 1.63. The molecule has 0 N–H and O–H groups in total. The Bertz CT molecular complexity index is 1430. The third-order valence-corrected chi connectivity index (χ3v) is 6.92. The molecule has 4 aromatic carbocycles. The molecule has 38 heavy (non-hydrogen) atoms. The number of rotatable bonds is 6. The smallest absolute Gasteiger partial charge is 0.258 e. The van der Waals surface area contributed by atoms with Crippen LogP contribution in [-0.4, -0.2) is 25.0 Å². The normalized spacial score (nSPS) is 16.6. The molecule has 0 aliphatic carbocycles. The number of fused-ring (bicyclic) bond motifs is 1. The van der Waals surface area contributed by atoms with Crippen molar-refractivity contribution < 1.29 is 14.3 Å². The van der Waals surface area contributed by atoms with Crippen LogP contribution < -0.4 is 14.5 Å². The molecule has 1 aliphatic rings. The largest absolute Gasteiger partial charge is 0.497 e. The molecule has 2 amide bonds. The predicted octanol–water partition coefficient (Wildman–Crippen LogP) is 6.92. The highest BCUT2D eigenvalue weighted by molar-refractivity contribution is 6.08. The number of carbonyl (C=O) groups excluding carboxylic acids is 2. The minimum Gasteiger partial charge on any atom is -0.497 e. The summed E-state index contributed by atoms with van der Waals surface area (Å²) in [5, 5.41) is 0. The Labute approximate surface area is 223 Å². The predicted molar refractivity (Wildman–Crippen MR) is 152 cm³/mol. The Hall–Kier alpha value is -4.64. The summed E-state index contributed by atoms with van der Waals surface area (Å²) < 4.78 is 5.22. The molecule has 5 heteroatoms. The van der Waals surface area contributed by atoms with E-state index in [9.17, 15) is 9.59 Å². The van der Waals surface area contributed by atoms with E-state index in [0.717, 1.165) is 28.3 Å². The standard InChI is InChI=1S/C33H30N2O3/c1-24-23-31(35(27-13-7-4-8-14-27)33(37)26-11-5-3-6-12-26)29-15-9-10-16-30(29)34(24)32(36)22-19-25-17-20-28(38-2)21-18-25/h3-22,24,31H,23H2,1-2H3/b22-19+. The van der Waals surface area contributed by atoms with Crippen LogP contribution in [0.5, 0.6) is 5.75 Å². The molecule has 1 heterocycles. The highest BCUT2D eigenvalue weighted by Gasteiger charge is 2.38. The Morgan fingerprint density at radius 2 is 1.47 bits per heavy atom. The highest BCUT2D eigenvalue weighted by Crippen LogP contribution is 2.42. The Kier molecular flexibility index (Phi) is 7.36. The lowest BCUT2D eigenvalue weighted by Crippen LogP contribution is -2.47. The van der Waals surface area contributed by atoms with Crippen molar-refractivity contribution in [3.8, 4) is 5.75 Å². The van der Waals surface area contributed by atoms with Gasteiger partial charge in [0, 0.05) is 29.1 Å². The zero-order valence-corrected chi connectivity index (χ0v) is 21.5. The quantitative estimate of drug-likeness (QED) is 0.269. The molecule has 0 fully saturated rings. The molecule has 0 saturated carbocycles. The van der Waals surface area contributed by atoms with E-state index >= 15 is 0 Å². The lowest BCUT2D eigenvalue weighted by Gasteiger charge is -2.43. The lowest BCUT2D eigenvalue weighted by atomic mass is 9.89. The van der Waals surface area contributed by atoms with Crippen LogP contribution in [0.2, 0.25) is 0 Å². The maximum atomic E-state index is 13.9. The van der Waals surface area contributed by atoms with E-state index in [1.54, 1.807) is 13.2 Å². The molecule has 190 valence electrons. The molecule has 2 atom stereocenters. The van der Waals surface area contributed by atoms with Gasteiger partial charge in [-0.2, -0.15) is 0 Å². The van der Waals surface area contributed by atoms with Crippen LogP contribution in [0.15, 0.2) is 115 Å². The first-order chi connectivity index (χ1) is 18.6. The van der Waals surface area contributed by atoms with E-state index in [4.69, 9.17) is 4.74 Å². The van der Waals surface area contributed by atoms with Crippen LogP contribution >= 0.6 is 0 Å². The second kappa shape index (κ2) is 11.2. The van der Waals surface area contributed by atoms with Crippen molar-refractivity contribution in [2.45, 2.75) is 25.4 Å². The second-order valence-corrected chi connectivity index (χ2v) is 9.35. The van der Waals surface area contributed by atoms with Gasteiger partial charge in [-0.1, -0.05) is 66.7 Å². The molecule has 0 bridgehead atoms. The van der Waals surface area contributed by atoms with E-state index in [0.29, 0.717) is 12.0 Å². The van der Waals surface area contributed by atoms with Crippen molar-refractivity contribution in [2.24, 2.45) is 0 Å². The van der Waals surface area contributed by atoms with E-state index in [-0.39, 0.29) is 23.9 Å². The van der Waals surface area contributed by atoms with Gasteiger partial charge in [0.2, 0.25) is 0 Å². The van der Waals surface area contributed by atoms with Crippen molar-refractivity contribution in [3.05, 3.63) is 132 Å². The summed E-state index contributed by atoms with van der Waals surface area (Å²) in [6, 6.07) is 34.2. The Morgan fingerprint density at radius 3 is 2.16 bits per heavy atom. The molecule has 5 rings (SSSR count). The van der Waals surface area contributed by atoms with Crippen LogP contribution in [0.1, 0.15) is 40.9 Å². The average Bonchev–Trinajstić information content (AvgIpc) is 2.97. The lowest BCUT2D eigenvalue weighted by molar-refractivity contribution is -0.114. The van der Waals surface area contributed by atoms with Gasteiger partial charge in [-0.15, -0.1) is 0 Å². The Balaban J connectivity index is 1.51. The number of benzene rings is 4. The van der Waals surface area contributed by atoms with Gasteiger partial charge in [0.25, 0.3) is 11.8 Å². The minimum absolute atomic E-state index is 0.0667. The molecule has 1 aliphatic heterocycles. The summed E-state index contributed by atoms with van der Waals surface area (Å²) in [5.41, 5.74) is 4.14. The summed E-state index contributed by atoms with van der Waals surface area (Å²) in [5.74, 6) is 0.606. The topological polar surface area (TPSA) is 49.9 Å². The van der Waals surface area contributed by atoms with Crippen LogP contribution in [0.3, 0.4) is 0 Å². The number of nitrogens with zero attached hydrogens (tertiary/aromatic N) is 2. The molecule has 0 spiro atoms. The molecule has 4 aromatic rings. The van der Waals surface area contributed by atoms with E-state index in [2.05, 4.69) is 0 Å². The van der Waals surface area contributed by atoms with Crippen LogP contribution in [-0.2, 0) is 4.79 Å². The minimum atomic E-state index is -0.231. The molecule has 0 aromatic heterocycles. The van der Waals surface area contributed by atoms with Crippen molar-refractivity contribution in [1.82, 2.24) is 0 Å². The molecular weight excluding hydrogens is 472 g/mol. The number of methoxy groups -OCH3 is 1. The Morgan fingerprint density at radius 1 is 0.842 bits per heavy atom. The zero-order valence-electron chi connectivity index (χ0n) is 21.5. The van der Waals surface area contributed by atoms with E-state index < -0.39 is 0 Å². The number of ether oxygens (including phenoxy) is 1. The molecule has 0 saturated heterocycles. The molecule has 2 unspecified atom stereocenters. The van der Waals surface area contributed by atoms with Crippen LogP contribution in [0, 0.1) is 0 Å². The summed E-state index contributed by atoms with van der Waals surface area (Å²) in [4.78, 5) is 31.1. The fourth-order valence-corrected chi connectivity index (χ4v) is 5.07. The van der Waals surface area contributed by atoms with Gasteiger partial charge in [0.15, 0.2) is 0 Å². The van der Waals surface area contributed by atoms with Gasteiger partial charge in [-0.25, -0.2) is 0 Å². The number of para-hydroxylation sites is 2. The maximum absolute atomic E-state index is 13.9. The van der Waals surface area contributed by atoms with Crippen molar-refractivity contribution in [2.75, 3.05) is 16.9 Å². The van der Waals surface area contributed by atoms with E-state index in [1.807, 2.05) is 132 Å². The number of carbonyl (C=O) groups is 2. The summed E-state index contributed by atoms with van der Waals surface area (Å²) in [6.45, 7) is 2.04. The third-order valence-electron chi connectivity index (χ3n) is 6.92. The first kappa shape index (κ1) is 25.0. The highest BCUT2D eigenvalue weighted by atomic mass is 16.5. The fourth-order valence-electron chi connectivity index (χ4n) is 5.07. The number of hydrogen-bond acceptors (Lipinski definition) is 3. The zero-order chi connectivity index (χ0) is 26.5. The van der Waals surface area contributed by atoms with Crippen LogP contribution in [0.25, 0.3) is 6.08 Å². The molecular formula is C33H30N2O3. The molecule has 0 radical (unpaired) electrons. The first-order valence-electron chi connectivity index (χ1n) is 12.7. The van der Waals surface area contributed by atoms with Gasteiger partial charge < -0.3 is 14.5 Å². The van der Waals surface area contributed by atoms with Gasteiger partial charge in [0.1, 0.15) is 5.75 Å². The maximum Gasteiger partial charge on any atom is 0.258 e. The number of hydrogen-bond donors (Lipinski definition) is 0. The monoisotopic (exact) mass is 502 g/mol. The fraction of sp³-hybridized carbons (Fsp3) is 0.152. The SMILES string of the molecule is COc1ccc(/C=C/C(=O)N2c3ccccc3C(N(C(=O)c3ccccc3)c3ccccc3)CC2C)cc1. The van der Waals surface area contributed by atoms with Crippen molar-refractivity contribution in [1.29, 1.82) is 0 Å². The van der Waals surface area contributed by atoms with Gasteiger partial charge >= 0.3 is 0 Å². The van der Waals surface area contributed by atoms with Gasteiger partial charge in [-0.3, -0.25) is 9.59 Å². The second-order valence-electron chi connectivity index (χ2n) is 9.35. The van der Waals surface area contributed by atoms with Gasteiger partial charge in [-0.05, 0) is 73.0 Å². The van der Waals surface area contributed by atoms with Crippen LogP contribution in [0.4, 0.5) is 11.4 Å². The number of anilines is 2. The molecule has 5 nitrogen and oxygen atoms in total. The third kappa shape index (κ3) is 5.09. The number of amides is 2. The summed E-state index contributed by atoms with van der Waals surface area (Å²) >= 11 is 0. The van der Waals surface area contributed by atoms with E-state index in [1.165, 1.54) is 0 Å². The van der Waals surface area contributed by atoms with Crippen molar-refractivity contribution in [3.63, 3.8) is 0 Å².